The lowest BCUT2D eigenvalue weighted by molar-refractivity contribution is 0.307. The molecule has 0 saturated carbocycles. The standard InChI is InChI=1S/C16H16F4N6O/c17-9-3-12(18)11(13(19)4-9)7-23-15-14(20)8-24-16(26-15)25-10(5-21)6-22-1-2-27/h3-6,8,27H,1-2,7,21H2,(H2,23,24,25,26)/b10-5+,22-6?. The number of aliphatic hydroxyl groups excluding tert-OH is 1. The van der Waals surface area contributed by atoms with Gasteiger partial charge in [0.25, 0.3) is 0 Å². The summed E-state index contributed by atoms with van der Waals surface area (Å²) >= 11 is 0. The van der Waals surface area contributed by atoms with E-state index in [9.17, 15) is 17.6 Å². The molecule has 5 N–H and O–H groups in total. The molecule has 0 aliphatic rings. The third kappa shape index (κ3) is 5.64. The quantitative estimate of drug-likeness (QED) is 0.409. The Hall–Kier alpha value is -3.21. The maximum absolute atomic E-state index is 13.8. The summed E-state index contributed by atoms with van der Waals surface area (Å²) in [5.41, 5.74) is 5.22. The zero-order valence-electron chi connectivity index (χ0n) is 13.9. The lowest BCUT2D eigenvalue weighted by Crippen LogP contribution is -2.12. The molecule has 144 valence electrons. The zero-order chi connectivity index (χ0) is 19.8. The fourth-order valence-corrected chi connectivity index (χ4v) is 1.93. The normalized spacial score (nSPS) is 11.8. The van der Waals surface area contributed by atoms with Crippen LogP contribution in [0.1, 0.15) is 5.56 Å². The fraction of sp³-hybridized carbons (Fsp3) is 0.188. The number of hydrogen-bond acceptors (Lipinski definition) is 7. The first-order chi connectivity index (χ1) is 12.9. The summed E-state index contributed by atoms with van der Waals surface area (Å²) in [5, 5.41) is 13.8. The monoisotopic (exact) mass is 384 g/mol. The highest BCUT2D eigenvalue weighted by atomic mass is 19.1. The first kappa shape index (κ1) is 20.1. The van der Waals surface area contributed by atoms with E-state index in [0.717, 1.165) is 12.4 Å². The van der Waals surface area contributed by atoms with Crippen LogP contribution >= 0.6 is 0 Å². The Morgan fingerprint density at radius 2 is 1.89 bits per heavy atom. The van der Waals surface area contributed by atoms with Crippen LogP contribution in [0.3, 0.4) is 0 Å². The van der Waals surface area contributed by atoms with E-state index in [1.54, 1.807) is 0 Å². The SMILES string of the molecule is N/C=C(\C=NCCO)Nc1ncc(F)c(NCc2c(F)cc(F)cc2F)n1. The molecule has 1 heterocycles. The van der Waals surface area contributed by atoms with Gasteiger partial charge in [-0.15, -0.1) is 0 Å². The number of aliphatic hydroxyl groups is 1. The van der Waals surface area contributed by atoms with Crippen LogP contribution in [0.25, 0.3) is 0 Å². The Labute approximate surface area is 151 Å². The van der Waals surface area contributed by atoms with Crippen LogP contribution in [-0.2, 0) is 6.54 Å². The number of halogens is 4. The van der Waals surface area contributed by atoms with E-state index in [2.05, 4.69) is 25.6 Å². The van der Waals surface area contributed by atoms with Gasteiger partial charge in [-0.05, 0) is 0 Å². The molecule has 0 fully saturated rings. The van der Waals surface area contributed by atoms with Gasteiger partial charge in [-0.3, -0.25) is 4.99 Å². The summed E-state index contributed by atoms with van der Waals surface area (Å²) in [7, 11) is 0. The molecule has 1 aromatic carbocycles. The minimum atomic E-state index is -1.11. The van der Waals surface area contributed by atoms with Gasteiger partial charge in [0, 0.05) is 36.7 Å². The van der Waals surface area contributed by atoms with Crippen LogP contribution in [-0.4, -0.2) is 34.4 Å². The Morgan fingerprint density at radius 1 is 1.19 bits per heavy atom. The van der Waals surface area contributed by atoms with Gasteiger partial charge in [-0.25, -0.2) is 22.5 Å². The molecule has 0 aliphatic heterocycles. The van der Waals surface area contributed by atoms with Crippen LogP contribution in [0.2, 0.25) is 0 Å². The summed E-state index contributed by atoms with van der Waals surface area (Å²) in [5.74, 6) is -4.54. The van der Waals surface area contributed by atoms with Crippen molar-refractivity contribution in [3.63, 3.8) is 0 Å². The number of hydrogen-bond donors (Lipinski definition) is 4. The van der Waals surface area contributed by atoms with Gasteiger partial charge < -0.3 is 21.5 Å². The molecule has 0 spiro atoms. The largest absolute Gasteiger partial charge is 0.403 e. The smallest absolute Gasteiger partial charge is 0.229 e. The lowest BCUT2D eigenvalue weighted by Gasteiger charge is -2.11. The average Bonchev–Trinajstić information content (AvgIpc) is 2.62. The zero-order valence-corrected chi connectivity index (χ0v) is 13.9. The van der Waals surface area contributed by atoms with Crippen LogP contribution < -0.4 is 16.4 Å². The Bertz CT molecular complexity index is 836. The molecule has 2 rings (SSSR count). The molecule has 0 amide bonds. The van der Waals surface area contributed by atoms with Gasteiger partial charge in [0.1, 0.15) is 17.5 Å². The predicted octanol–water partition coefficient (Wildman–Crippen LogP) is 1.92. The van der Waals surface area contributed by atoms with Crippen molar-refractivity contribution in [3.05, 3.63) is 59.1 Å². The van der Waals surface area contributed by atoms with Gasteiger partial charge >= 0.3 is 0 Å². The molecule has 0 radical (unpaired) electrons. The minimum absolute atomic E-state index is 0.0638. The highest BCUT2D eigenvalue weighted by molar-refractivity contribution is 5.82. The number of aromatic nitrogens is 2. The number of rotatable bonds is 8. The van der Waals surface area contributed by atoms with Gasteiger partial charge in [0.15, 0.2) is 11.6 Å². The number of nitrogens with zero attached hydrogens (tertiary/aromatic N) is 3. The maximum atomic E-state index is 13.8. The Morgan fingerprint density at radius 3 is 2.52 bits per heavy atom. The molecule has 0 unspecified atom stereocenters. The van der Waals surface area contributed by atoms with Gasteiger partial charge in [-0.2, -0.15) is 4.98 Å². The minimum Gasteiger partial charge on any atom is -0.403 e. The van der Waals surface area contributed by atoms with Crippen molar-refractivity contribution < 1.29 is 22.7 Å². The number of allylic oxidation sites excluding steroid dienone is 1. The summed E-state index contributed by atoms with van der Waals surface area (Å²) in [6.45, 7) is -0.459. The van der Waals surface area contributed by atoms with Crippen molar-refractivity contribution in [2.75, 3.05) is 23.8 Å². The van der Waals surface area contributed by atoms with Gasteiger partial charge in [0.2, 0.25) is 5.95 Å². The number of aliphatic imine (C=N–C) groups is 1. The van der Waals surface area contributed by atoms with Crippen LogP contribution in [0.5, 0.6) is 0 Å². The molecule has 1 aromatic heterocycles. The topological polar surface area (TPSA) is 108 Å². The summed E-state index contributed by atoms with van der Waals surface area (Å²) in [6, 6.07) is 1.04. The van der Waals surface area contributed by atoms with Crippen molar-refractivity contribution in [1.29, 1.82) is 0 Å². The first-order valence-corrected chi connectivity index (χ1v) is 7.64. The molecule has 2 aromatic rings. The summed E-state index contributed by atoms with van der Waals surface area (Å²) < 4.78 is 54.1. The number of nitrogens with one attached hydrogen (secondary N) is 2. The Balaban J connectivity index is 2.13. The van der Waals surface area contributed by atoms with Gasteiger partial charge in [-0.1, -0.05) is 0 Å². The van der Waals surface area contributed by atoms with E-state index in [0.29, 0.717) is 12.1 Å². The lowest BCUT2D eigenvalue weighted by atomic mass is 10.2. The molecule has 0 aliphatic carbocycles. The predicted molar refractivity (Wildman–Crippen MR) is 92.0 cm³/mol. The molecule has 11 heteroatoms. The van der Waals surface area contributed by atoms with Crippen LogP contribution in [0, 0.1) is 23.3 Å². The second-order valence-corrected chi connectivity index (χ2v) is 5.10. The Kier molecular flexibility index (Phi) is 7.06. The maximum Gasteiger partial charge on any atom is 0.229 e. The van der Waals surface area contributed by atoms with Crippen molar-refractivity contribution >= 4 is 18.0 Å². The highest BCUT2D eigenvalue weighted by Gasteiger charge is 2.13. The summed E-state index contributed by atoms with van der Waals surface area (Å²) in [6.07, 6.45) is 3.32. The van der Waals surface area contributed by atoms with E-state index in [1.165, 1.54) is 6.21 Å². The van der Waals surface area contributed by atoms with E-state index in [1.807, 2.05) is 0 Å². The average molecular weight is 384 g/mol. The van der Waals surface area contributed by atoms with Gasteiger partial charge in [0.05, 0.1) is 25.0 Å². The first-order valence-electron chi connectivity index (χ1n) is 7.64. The van der Waals surface area contributed by atoms with Crippen LogP contribution in [0.4, 0.5) is 29.3 Å². The third-order valence-corrected chi connectivity index (χ3v) is 3.18. The van der Waals surface area contributed by atoms with Crippen molar-refractivity contribution in [1.82, 2.24) is 9.97 Å². The molecule has 27 heavy (non-hydrogen) atoms. The fourth-order valence-electron chi connectivity index (χ4n) is 1.93. The molecular formula is C16H16F4N6O. The van der Waals surface area contributed by atoms with E-state index >= 15 is 0 Å². The van der Waals surface area contributed by atoms with Crippen molar-refractivity contribution in [2.45, 2.75) is 6.54 Å². The number of anilines is 2. The second-order valence-electron chi connectivity index (χ2n) is 5.10. The number of benzene rings is 1. The van der Waals surface area contributed by atoms with Crippen molar-refractivity contribution in [3.8, 4) is 0 Å². The third-order valence-electron chi connectivity index (χ3n) is 3.18. The number of nitrogens with two attached hydrogens (primary N) is 1. The van der Waals surface area contributed by atoms with E-state index in [4.69, 9.17) is 10.8 Å². The van der Waals surface area contributed by atoms with E-state index < -0.39 is 35.4 Å². The molecule has 0 atom stereocenters. The molecule has 7 nitrogen and oxygen atoms in total. The molecule has 0 bridgehead atoms. The molecular weight excluding hydrogens is 368 g/mol. The summed E-state index contributed by atoms with van der Waals surface area (Å²) in [4.78, 5) is 11.4. The molecule has 0 saturated heterocycles. The van der Waals surface area contributed by atoms with E-state index in [-0.39, 0.29) is 30.6 Å². The highest BCUT2D eigenvalue weighted by Crippen LogP contribution is 2.18. The second kappa shape index (κ2) is 9.48. The van der Waals surface area contributed by atoms with Crippen molar-refractivity contribution in [2.24, 2.45) is 10.7 Å². The van der Waals surface area contributed by atoms with Crippen LogP contribution in [0.15, 0.2) is 35.2 Å².